The molecule has 0 radical (unpaired) electrons. The average molecular weight is 375 g/mol. The predicted molar refractivity (Wildman–Crippen MR) is 84.3 cm³/mol. The van der Waals surface area contributed by atoms with Crippen LogP contribution in [-0.2, 0) is 14.8 Å². The van der Waals surface area contributed by atoms with Gasteiger partial charge in [-0.15, -0.1) is 0 Å². The second-order valence-corrected chi connectivity index (χ2v) is 8.32. The Morgan fingerprint density at radius 2 is 2.14 bits per heavy atom. The van der Waals surface area contributed by atoms with Crippen molar-refractivity contribution in [2.24, 2.45) is 5.92 Å². The maximum absolute atomic E-state index is 12.6. The Bertz CT molecular complexity index is 631. The van der Waals surface area contributed by atoms with Crippen molar-refractivity contribution in [2.75, 3.05) is 13.1 Å². The zero-order valence-corrected chi connectivity index (χ0v) is 14.4. The van der Waals surface area contributed by atoms with E-state index in [4.69, 9.17) is 0 Å². The quantitative estimate of drug-likeness (QED) is 0.875. The van der Waals surface area contributed by atoms with E-state index in [1.807, 2.05) is 13.8 Å². The summed E-state index contributed by atoms with van der Waals surface area (Å²) in [6.07, 6.45) is 0.561. The lowest BCUT2D eigenvalue weighted by atomic mass is 10.1. The fourth-order valence-electron chi connectivity index (χ4n) is 2.34. The molecule has 0 aromatic heterocycles. The molecule has 1 aliphatic heterocycles. The first-order valence-corrected chi connectivity index (χ1v) is 9.10. The number of benzene rings is 1. The second kappa shape index (κ2) is 6.46. The van der Waals surface area contributed by atoms with Crippen molar-refractivity contribution in [1.29, 1.82) is 0 Å². The maximum atomic E-state index is 12.6. The molecule has 0 spiro atoms. The minimum Gasteiger partial charge on any atom is -0.354 e. The van der Waals surface area contributed by atoms with Crippen molar-refractivity contribution in [3.8, 4) is 0 Å². The minimum absolute atomic E-state index is 0.0632. The molecule has 1 heterocycles. The summed E-state index contributed by atoms with van der Waals surface area (Å²) in [6, 6.07) is 6.68. The van der Waals surface area contributed by atoms with Crippen molar-refractivity contribution in [1.82, 2.24) is 9.62 Å². The highest BCUT2D eigenvalue weighted by Gasteiger charge is 2.35. The Kier molecular flexibility index (Phi) is 5.06. The number of rotatable bonds is 4. The monoisotopic (exact) mass is 374 g/mol. The molecule has 7 heteroatoms. The molecule has 0 saturated carbocycles. The summed E-state index contributed by atoms with van der Waals surface area (Å²) in [6.45, 7) is 4.41. The van der Waals surface area contributed by atoms with Crippen LogP contribution in [0.4, 0.5) is 0 Å². The van der Waals surface area contributed by atoms with Crippen LogP contribution in [0.2, 0.25) is 0 Å². The molecule has 21 heavy (non-hydrogen) atoms. The van der Waals surface area contributed by atoms with Gasteiger partial charge in [0, 0.05) is 23.6 Å². The fraction of sp³-hybridized carbons (Fsp3) is 0.500. The number of hydrogen-bond donors (Lipinski definition) is 1. The molecule has 1 amide bonds. The van der Waals surface area contributed by atoms with Crippen LogP contribution in [0.25, 0.3) is 0 Å². The van der Waals surface area contributed by atoms with Crippen LogP contribution in [0.1, 0.15) is 20.3 Å². The number of sulfonamides is 1. The number of halogens is 1. The van der Waals surface area contributed by atoms with E-state index in [1.165, 1.54) is 4.31 Å². The molecule has 1 saturated heterocycles. The Hall–Kier alpha value is -0.920. The lowest BCUT2D eigenvalue weighted by molar-refractivity contribution is -0.125. The highest BCUT2D eigenvalue weighted by molar-refractivity contribution is 9.10. The molecule has 1 N–H and O–H groups in total. The van der Waals surface area contributed by atoms with E-state index in [1.54, 1.807) is 24.3 Å². The molecular weight excluding hydrogens is 356 g/mol. The van der Waals surface area contributed by atoms with Gasteiger partial charge in [-0.05, 0) is 38.5 Å². The first kappa shape index (κ1) is 16.5. The number of hydrogen-bond acceptors (Lipinski definition) is 3. The van der Waals surface area contributed by atoms with Crippen LogP contribution in [-0.4, -0.2) is 37.8 Å². The van der Waals surface area contributed by atoms with Crippen LogP contribution < -0.4 is 5.32 Å². The standard InChI is InChI=1S/C14H19BrN2O3S/c1-10(2)16-14(18)11-6-7-17(9-11)21(19,20)13-5-3-4-12(15)8-13/h3-5,8,10-11H,6-7,9H2,1-2H3,(H,16,18). The van der Waals surface area contributed by atoms with Gasteiger partial charge in [0.15, 0.2) is 0 Å². The smallest absolute Gasteiger partial charge is 0.243 e. The van der Waals surface area contributed by atoms with E-state index in [2.05, 4.69) is 21.2 Å². The third kappa shape index (κ3) is 3.84. The van der Waals surface area contributed by atoms with E-state index in [9.17, 15) is 13.2 Å². The van der Waals surface area contributed by atoms with Gasteiger partial charge >= 0.3 is 0 Å². The summed E-state index contributed by atoms with van der Waals surface area (Å²) in [5, 5.41) is 2.84. The Balaban J connectivity index is 2.12. The zero-order valence-electron chi connectivity index (χ0n) is 12.0. The lowest BCUT2D eigenvalue weighted by Gasteiger charge is -2.17. The van der Waals surface area contributed by atoms with Crippen molar-refractivity contribution >= 4 is 31.9 Å². The number of carbonyl (C=O) groups is 1. The van der Waals surface area contributed by atoms with E-state index >= 15 is 0 Å². The van der Waals surface area contributed by atoms with Crippen LogP contribution in [0.15, 0.2) is 33.6 Å². The van der Waals surface area contributed by atoms with Crippen molar-refractivity contribution in [3.63, 3.8) is 0 Å². The lowest BCUT2D eigenvalue weighted by Crippen LogP contribution is -2.37. The number of amides is 1. The third-order valence-electron chi connectivity index (χ3n) is 3.39. The van der Waals surface area contributed by atoms with Crippen molar-refractivity contribution in [3.05, 3.63) is 28.7 Å². The van der Waals surface area contributed by atoms with Crippen LogP contribution in [0.3, 0.4) is 0 Å². The Morgan fingerprint density at radius 3 is 2.76 bits per heavy atom. The summed E-state index contributed by atoms with van der Waals surface area (Å²) in [4.78, 5) is 12.2. The first-order chi connectivity index (χ1) is 9.80. The Morgan fingerprint density at radius 1 is 1.43 bits per heavy atom. The molecule has 1 aromatic carbocycles. The Labute approximate surface area is 133 Å². The molecule has 1 atom stereocenters. The van der Waals surface area contributed by atoms with Gasteiger partial charge in [-0.2, -0.15) is 4.31 Å². The van der Waals surface area contributed by atoms with Crippen molar-refractivity contribution < 1.29 is 13.2 Å². The van der Waals surface area contributed by atoms with Gasteiger partial charge in [0.25, 0.3) is 0 Å². The van der Waals surface area contributed by atoms with Gasteiger partial charge in [-0.1, -0.05) is 22.0 Å². The van der Waals surface area contributed by atoms with Crippen LogP contribution >= 0.6 is 15.9 Å². The first-order valence-electron chi connectivity index (χ1n) is 6.87. The zero-order chi connectivity index (χ0) is 15.6. The van der Waals surface area contributed by atoms with E-state index in [0.29, 0.717) is 13.0 Å². The maximum Gasteiger partial charge on any atom is 0.243 e. The summed E-state index contributed by atoms with van der Waals surface area (Å²) in [5.41, 5.74) is 0. The fourth-order valence-corrected chi connectivity index (χ4v) is 4.44. The topological polar surface area (TPSA) is 66.5 Å². The van der Waals surface area contributed by atoms with Crippen LogP contribution in [0.5, 0.6) is 0 Å². The number of nitrogens with one attached hydrogen (secondary N) is 1. The largest absolute Gasteiger partial charge is 0.354 e. The van der Waals surface area contributed by atoms with E-state index in [-0.39, 0.29) is 29.3 Å². The SMILES string of the molecule is CC(C)NC(=O)C1CCN(S(=O)(=O)c2cccc(Br)c2)C1. The summed E-state index contributed by atoms with van der Waals surface area (Å²) < 4.78 is 27.2. The summed E-state index contributed by atoms with van der Waals surface area (Å²) >= 11 is 3.28. The van der Waals surface area contributed by atoms with Gasteiger partial charge in [0.05, 0.1) is 10.8 Å². The average Bonchev–Trinajstić information content (AvgIpc) is 2.88. The van der Waals surface area contributed by atoms with E-state index in [0.717, 1.165) is 4.47 Å². The van der Waals surface area contributed by atoms with Gasteiger partial charge < -0.3 is 5.32 Å². The van der Waals surface area contributed by atoms with Gasteiger partial charge in [0.1, 0.15) is 0 Å². The molecule has 1 aliphatic rings. The number of carbonyl (C=O) groups excluding carboxylic acids is 1. The third-order valence-corrected chi connectivity index (χ3v) is 5.74. The molecular formula is C14H19BrN2O3S. The minimum atomic E-state index is -3.53. The molecule has 2 rings (SSSR count). The van der Waals surface area contributed by atoms with Gasteiger partial charge in [0.2, 0.25) is 15.9 Å². The molecule has 1 unspecified atom stereocenters. The van der Waals surface area contributed by atoms with Crippen LogP contribution in [0, 0.1) is 5.92 Å². The number of nitrogens with zero attached hydrogens (tertiary/aromatic N) is 1. The molecule has 0 bridgehead atoms. The van der Waals surface area contributed by atoms with Gasteiger partial charge in [-0.25, -0.2) is 8.42 Å². The molecule has 0 aliphatic carbocycles. The molecule has 116 valence electrons. The molecule has 1 fully saturated rings. The summed E-state index contributed by atoms with van der Waals surface area (Å²) in [5.74, 6) is -0.341. The van der Waals surface area contributed by atoms with E-state index < -0.39 is 10.0 Å². The van der Waals surface area contributed by atoms with Crippen molar-refractivity contribution in [2.45, 2.75) is 31.2 Å². The van der Waals surface area contributed by atoms with Gasteiger partial charge in [-0.3, -0.25) is 4.79 Å². The summed E-state index contributed by atoms with van der Waals surface area (Å²) in [7, 11) is -3.53. The molecule has 5 nitrogen and oxygen atoms in total. The predicted octanol–water partition coefficient (Wildman–Crippen LogP) is 1.98. The highest BCUT2D eigenvalue weighted by Crippen LogP contribution is 2.26. The normalized spacial score (nSPS) is 19.9. The highest BCUT2D eigenvalue weighted by atomic mass is 79.9. The second-order valence-electron chi connectivity index (χ2n) is 5.47. The molecule has 1 aromatic rings.